The Kier molecular flexibility index (Phi) is 4.37. The largest absolute Gasteiger partial charge is 0.298 e. The molecule has 0 aromatic heterocycles. The van der Waals surface area contributed by atoms with E-state index in [9.17, 15) is 10.1 Å². The summed E-state index contributed by atoms with van der Waals surface area (Å²) < 4.78 is 0. The predicted octanol–water partition coefficient (Wildman–Crippen LogP) is 4.00. The molecule has 1 aromatic carbocycles. The average Bonchev–Trinajstić information content (AvgIpc) is 2.40. The number of nitriles is 1. The number of hydrogen-bond acceptors (Lipinski definition) is 2. The van der Waals surface area contributed by atoms with Crippen LogP contribution in [0.25, 0.3) is 0 Å². The fourth-order valence-electron chi connectivity index (χ4n) is 2.93. The van der Waals surface area contributed by atoms with Crippen molar-refractivity contribution in [1.29, 1.82) is 5.26 Å². The van der Waals surface area contributed by atoms with E-state index in [-0.39, 0.29) is 11.7 Å². The van der Waals surface area contributed by atoms with E-state index in [1.165, 1.54) is 0 Å². The van der Waals surface area contributed by atoms with Gasteiger partial charge < -0.3 is 0 Å². The lowest BCUT2D eigenvalue weighted by atomic mass is 9.76. The van der Waals surface area contributed by atoms with Crippen LogP contribution in [0.4, 0.5) is 0 Å². The van der Waals surface area contributed by atoms with Crippen molar-refractivity contribution in [3.05, 3.63) is 35.4 Å². The second kappa shape index (κ2) is 6.02. The van der Waals surface area contributed by atoms with E-state index in [2.05, 4.69) is 13.0 Å². The van der Waals surface area contributed by atoms with Gasteiger partial charge >= 0.3 is 0 Å². The molecule has 0 aliphatic heterocycles. The standard InChI is InChI=1S/C17H21NO/c1-12-6-8-14(9-7-12)17(19)16(11-18)15-5-3-4-13(2)10-15/h3-5,10,12,14,16H,6-9H2,1-2H3. The van der Waals surface area contributed by atoms with Crippen LogP contribution in [0.1, 0.15) is 49.7 Å². The maximum atomic E-state index is 12.5. The fraction of sp³-hybridized carbons (Fsp3) is 0.529. The van der Waals surface area contributed by atoms with Gasteiger partial charge in [0.1, 0.15) is 5.92 Å². The van der Waals surface area contributed by atoms with E-state index in [0.717, 1.165) is 42.7 Å². The number of benzene rings is 1. The van der Waals surface area contributed by atoms with Crippen LogP contribution in [0.15, 0.2) is 24.3 Å². The molecule has 0 saturated heterocycles. The fourth-order valence-corrected chi connectivity index (χ4v) is 2.93. The number of aryl methyl sites for hydroxylation is 1. The molecule has 0 radical (unpaired) electrons. The van der Waals surface area contributed by atoms with Crippen LogP contribution >= 0.6 is 0 Å². The van der Waals surface area contributed by atoms with Crippen molar-refractivity contribution < 1.29 is 4.79 Å². The molecule has 0 amide bonds. The Hall–Kier alpha value is -1.62. The quantitative estimate of drug-likeness (QED) is 0.819. The molecule has 0 spiro atoms. The molecule has 100 valence electrons. The number of ketones is 1. The monoisotopic (exact) mass is 255 g/mol. The molecule has 1 unspecified atom stereocenters. The van der Waals surface area contributed by atoms with Crippen molar-refractivity contribution in [2.45, 2.75) is 45.4 Å². The molecular formula is C17H21NO. The Bertz CT molecular complexity index is 492. The minimum atomic E-state index is -0.585. The third-order valence-electron chi connectivity index (χ3n) is 4.21. The molecular weight excluding hydrogens is 234 g/mol. The topological polar surface area (TPSA) is 40.9 Å². The highest BCUT2D eigenvalue weighted by molar-refractivity contribution is 5.90. The highest BCUT2D eigenvalue weighted by Crippen LogP contribution is 2.32. The van der Waals surface area contributed by atoms with Crippen LogP contribution in [-0.4, -0.2) is 5.78 Å². The third-order valence-corrected chi connectivity index (χ3v) is 4.21. The zero-order valence-corrected chi connectivity index (χ0v) is 11.7. The first-order valence-corrected chi connectivity index (χ1v) is 7.11. The van der Waals surface area contributed by atoms with E-state index < -0.39 is 5.92 Å². The van der Waals surface area contributed by atoms with Gasteiger partial charge in [-0.15, -0.1) is 0 Å². The summed E-state index contributed by atoms with van der Waals surface area (Å²) in [7, 11) is 0. The van der Waals surface area contributed by atoms with Gasteiger partial charge in [0, 0.05) is 5.92 Å². The molecule has 1 atom stereocenters. The van der Waals surface area contributed by atoms with Gasteiger partial charge in [0.05, 0.1) is 6.07 Å². The zero-order chi connectivity index (χ0) is 13.8. The molecule has 0 heterocycles. The summed E-state index contributed by atoms with van der Waals surface area (Å²) in [6, 6.07) is 9.97. The number of carbonyl (C=O) groups is 1. The number of Topliss-reactive ketones (excluding diaryl/α,β-unsaturated/α-hetero) is 1. The number of hydrogen-bond donors (Lipinski definition) is 0. The summed E-state index contributed by atoms with van der Waals surface area (Å²) in [6.07, 6.45) is 4.12. The summed E-state index contributed by atoms with van der Waals surface area (Å²) >= 11 is 0. The lowest BCUT2D eigenvalue weighted by molar-refractivity contribution is -0.124. The third kappa shape index (κ3) is 3.23. The van der Waals surface area contributed by atoms with Crippen LogP contribution in [0.3, 0.4) is 0 Å². The highest BCUT2D eigenvalue weighted by Gasteiger charge is 2.30. The molecule has 0 bridgehead atoms. The van der Waals surface area contributed by atoms with Gasteiger partial charge in [0.15, 0.2) is 5.78 Å². The Labute approximate surface area is 115 Å². The van der Waals surface area contributed by atoms with E-state index in [1.807, 2.05) is 31.2 Å². The predicted molar refractivity (Wildman–Crippen MR) is 75.7 cm³/mol. The number of nitrogens with zero attached hydrogens (tertiary/aromatic N) is 1. The Morgan fingerprint density at radius 2 is 2.00 bits per heavy atom. The van der Waals surface area contributed by atoms with Crippen LogP contribution in [0.2, 0.25) is 0 Å². The van der Waals surface area contributed by atoms with E-state index >= 15 is 0 Å². The highest BCUT2D eigenvalue weighted by atomic mass is 16.1. The van der Waals surface area contributed by atoms with Crippen molar-refractivity contribution in [1.82, 2.24) is 0 Å². The maximum absolute atomic E-state index is 12.5. The van der Waals surface area contributed by atoms with E-state index in [4.69, 9.17) is 0 Å². The minimum absolute atomic E-state index is 0.0846. The van der Waals surface area contributed by atoms with Gasteiger partial charge in [0.2, 0.25) is 0 Å². The summed E-state index contributed by atoms with van der Waals surface area (Å²) in [5.74, 6) is 0.350. The molecule has 0 N–H and O–H groups in total. The van der Waals surface area contributed by atoms with Gasteiger partial charge in [-0.2, -0.15) is 5.26 Å². The van der Waals surface area contributed by atoms with Gasteiger partial charge in [-0.25, -0.2) is 0 Å². The Morgan fingerprint density at radius 3 is 2.58 bits per heavy atom. The first-order chi connectivity index (χ1) is 9.11. The van der Waals surface area contributed by atoms with E-state index in [1.54, 1.807) is 0 Å². The van der Waals surface area contributed by atoms with Crippen LogP contribution in [-0.2, 0) is 4.79 Å². The molecule has 1 aliphatic rings. The second-order valence-electron chi connectivity index (χ2n) is 5.84. The molecule has 1 fully saturated rings. The Morgan fingerprint density at radius 1 is 1.32 bits per heavy atom. The summed E-state index contributed by atoms with van der Waals surface area (Å²) in [6.45, 7) is 4.23. The van der Waals surface area contributed by atoms with E-state index in [0.29, 0.717) is 0 Å². The maximum Gasteiger partial charge on any atom is 0.157 e. The molecule has 1 saturated carbocycles. The van der Waals surface area contributed by atoms with Crippen molar-refractivity contribution in [2.24, 2.45) is 11.8 Å². The van der Waals surface area contributed by atoms with Gasteiger partial charge in [-0.3, -0.25) is 4.79 Å². The molecule has 2 nitrogen and oxygen atoms in total. The number of carbonyl (C=O) groups excluding carboxylic acids is 1. The van der Waals surface area contributed by atoms with Crippen LogP contribution in [0, 0.1) is 30.1 Å². The average molecular weight is 255 g/mol. The molecule has 1 aromatic rings. The molecule has 1 aliphatic carbocycles. The normalized spacial score (nSPS) is 24.5. The summed E-state index contributed by atoms with van der Waals surface area (Å²) in [5.41, 5.74) is 1.95. The van der Waals surface area contributed by atoms with Crippen LogP contribution < -0.4 is 0 Å². The van der Waals surface area contributed by atoms with Gasteiger partial charge in [0.25, 0.3) is 0 Å². The van der Waals surface area contributed by atoms with Crippen molar-refractivity contribution in [2.75, 3.05) is 0 Å². The Balaban J connectivity index is 2.14. The summed E-state index contributed by atoms with van der Waals surface area (Å²) in [4.78, 5) is 12.5. The van der Waals surface area contributed by atoms with Crippen molar-refractivity contribution in [3.63, 3.8) is 0 Å². The molecule has 2 heteroatoms. The SMILES string of the molecule is Cc1cccc(C(C#N)C(=O)C2CCC(C)CC2)c1. The van der Waals surface area contributed by atoms with Crippen molar-refractivity contribution in [3.8, 4) is 6.07 Å². The lowest BCUT2D eigenvalue weighted by Crippen LogP contribution is -2.25. The summed E-state index contributed by atoms with van der Waals surface area (Å²) in [5, 5.41) is 9.35. The first-order valence-electron chi connectivity index (χ1n) is 7.11. The molecule has 2 rings (SSSR count). The first kappa shape index (κ1) is 13.8. The van der Waals surface area contributed by atoms with Crippen molar-refractivity contribution >= 4 is 5.78 Å². The smallest absolute Gasteiger partial charge is 0.157 e. The second-order valence-corrected chi connectivity index (χ2v) is 5.84. The number of rotatable bonds is 3. The van der Waals surface area contributed by atoms with Gasteiger partial charge in [-0.05, 0) is 31.2 Å². The minimum Gasteiger partial charge on any atom is -0.298 e. The lowest BCUT2D eigenvalue weighted by Gasteiger charge is -2.26. The molecule has 19 heavy (non-hydrogen) atoms. The van der Waals surface area contributed by atoms with Crippen LogP contribution in [0.5, 0.6) is 0 Å². The van der Waals surface area contributed by atoms with Gasteiger partial charge in [-0.1, -0.05) is 49.6 Å². The zero-order valence-electron chi connectivity index (χ0n) is 11.7.